The lowest BCUT2D eigenvalue weighted by molar-refractivity contribution is -0.118. The predicted octanol–water partition coefficient (Wildman–Crippen LogP) is 4.20. The van der Waals surface area contributed by atoms with Gasteiger partial charge in [0.15, 0.2) is 6.61 Å². The van der Waals surface area contributed by atoms with E-state index in [9.17, 15) is 4.79 Å². The zero-order valence-corrected chi connectivity index (χ0v) is 15.0. The van der Waals surface area contributed by atoms with Crippen LogP contribution < -0.4 is 10.1 Å². The van der Waals surface area contributed by atoms with Crippen molar-refractivity contribution in [1.82, 2.24) is 4.98 Å². The topological polar surface area (TPSA) is 75.0 Å². The standard InChI is InChI=1S/C20H17N3O2S/c1-14-13-26-20(22-14)16-4-8-18(9-5-16)25-12-19(24)23-17-6-2-15(3-7-17)10-11-21/h2-9,13H,10,12H2,1H3,(H,23,24). The van der Waals surface area contributed by atoms with Gasteiger partial charge in [-0.15, -0.1) is 11.3 Å². The van der Waals surface area contributed by atoms with Crippen molar-refractivity contribution in [1.29, 1.82) is 5.26 Å². The fourth-order valence-corrected chi connectivity index (χ4v) is 3.13. The second-order valence-electron chi connectivity index (χ2n) is 5.69. The number of carbonyl (C=O) groups excluding carboxylic acids is 1. The average molecular weight is 363 g/mol. The number of nitrogens with zero attached hydrogens (tertiary/aromatic N) is 2. The van der Waals surface area contributed by atoms with Crippen LogP contribution in [0.2, 0.25) is 0 Å². The van der Waals surface area contributed by atoms with Crippen LogP contribution >= 0.6 is 11.3 Å². The number of rotatable bonds is 6. The van der Waals surface area contributed by atoms with Gasteiger partial charge in [0.2, 0.25) is 0 Å². The van der Waals surface area contributed by atoms with Gasteiger partial charge in [0.25, 0.3) is 5.91 Å². The SMILES string of the molecule is Cc1csc(-c2ccc(OCC(=O)Nc3ccc(CC#N)cc3)cc2)n1. The number of thiazole rings is 1. The molecule has 0 radical (unpaired) electrons. The Morgan fingerprint density at radius 3 is 2.54 bits per heavy atom. The average Bonchev–Trinajstić information content (AvgIpc) is 3.09. The molecule has 0 fully saturated rings. The van der Waals surface area contributed by atoms with Crippen LogP contribution in [0, 0.1) is 18.3 Å². The first-order chi connectivity index (χ1) is 12.6. The molecule has 130 valence electrons. The molecule has 0 saturated heterocycles. The number of hydrogen-bond acceptors (Lipinski definition) is 5. The number of aryl methyl sites for hydroxylation is 1. The first-order valence-corrected chi connectivity index (χ1v) is 8.93. The Morgan fingerprint density at radius 1 is 1.19 bits per heavy atom. The van der Waals surface area contributed by atoms with Crippen molar-refractivity contribution in [3.63, 3.8) is 0 Å². The van der Waals surface area contributed by atoms with Gasteiger partial charge in [-0.3, -0.25) is 4.79 Å². The van der Waals surface area contributed by atoms with Gasteiger partial charge in [-0.2, -0.15) is 5.26 Å². The van der Waals surface area contributed by atoms with Crippen LogP contribution in [0.25, 0.3) is 10.6 Å². The third kappa shape index (κ3) is 4.68. The second-order valence-corrected chi connectivity index (χ2v) is 6.55. The third-order valence-electron chi connectivity index (χ3n) is 3.61. The van der Waals surface area contributed by atoms with Crippen LogP contribution in [0.15, 0.2) is 53.9 Å². The molecular weight excluding hydrogens is 346 g/mol. The molecule has 0 aliphatic rings. The molecule has 2 aromatic carbocycles. The van der Waals surface area contributed by atoms with Crippen LogP contribution in [0.4, 0.5) is 5.69 Å². The highest BCUT2D eigenvalue weighted by atomic mass is 32.1. The highest BCUT2D eigenvalue weighted by Crippen LogP contribution is 2.25. The van der Waals surface area contributed by atoms with E-state index in [1.165, 1.54) is 0 Å². The molecule has 0 saturated carbocycles. The molecule has 0 aliphatic heterocycles. The minimum absolute atomic E-state index is 0.0738. The minimum atomic E-state index is -0.238. The first-order valence-electron chi connectivity index (χ1n) is 8.05. The molecule has 0 spiro atoms. The van der Waals surface area contributed by atoms with Gasteiger partial charge in [-0.25, -0.2) is 4.98 Å². The summed E-state index contributed by atoms with van der Waals surface area (Å²) in [5.74, 6) is 0.388. The zero-order valence-electron chi connectivity index (χ0n) is 14.2. The van der Waals surface area contributed by atoms with Crippen LogP contribution in [0.5, 0.6) is 5.75 Å². The van der Waals surface area contributed by atoms with E-state index in [1.807, 2.05) is 48.7 Å². The summed E-state index contributed by atoms with van der Waals surface area (Å²) in [5, 5.41) is 14.4. The van der Waals surface area contributed by atoms with Crippen molar-refractivity contribution in [3.8, 4) is 22.4 Å². The van der Waals surface area contributed by atoms with E-state index in [2.05, 4.69) is 16.4 Å². The van der Waals surface area contributed by atoms with E-state index in [0.717, 1.165) is 21.8 Å². The fraction of sp³-hybridized carbons (Fsp3) is 0.150. The Kier molecular flexibility index (Phi) is 5.62. The van der Waals surface area contributed by atoms with Crippen molar-refractivity contribution in [2.45, 2.75) is 13.3 Å². The van der Waals surface area contributed by atoms with Crippen LogP contribution in [0.3, 0.4) is 0 Å². The highest BCUT2D eigenvalue weighted by molar-refractivity contribution is 7.13. The number of nitriles is 1. The Morgan fingerprint density at radius 2 is 1.92 bits per heavy atom. The summed E-state index contributed by atoms with van der Waals surface area (Å²) >= 11 is 1.60. The maximum absolute atomic E-state index is 12.0. The number of aromatic nitrogens is 1. The van der Waals surface area contributed by atoms with Crippen LogP contribution in [0.1, 0.15) is 11.3 Å². The van der Waals surface area contributed by atoms with Gasteiger partial charge >= 0.3 is 0 Å². The summed E-state index contributed by atoms with van der Waals surface area (Å²) < 4.78 is 5.53. The van der Waals surface area contributed by atoms with E-state index in [1.54, 1.807) is 23.5 Å². The largest absolute Gasteiger partial charge is 0.484 e. The Bertz CT molecular complexity index is 925. The van der Waals surface area contributed by atoms with Gasteiger partial charge in [-0.05, 0) is 48.9 Å². The van der Waals surface area contributed by atoms with Crippen LogP contribution in [-0.2, 0) is 11.2 Å². The van der Waals surface area contributed by atoms with Crippen molar-refractivity contribution in [2.24, 2.45) is 0 Å². The molecule has 0 atom stereocenters. The molecule has 5 nitrogen and oxygen atoms in total. The molecule has 26 heavy (non-hydrogen) atoms. The molecule has 0 aliphatic carbocycles. The van der Waals surface area contributed by atoms with Crippen molar-refractivity contribution >= 4 is 22.9 Å². The summed E-state index contributed by atoms with van der Waals surface area (Å²) in [7, 11) is 0. The molecule has 6 heteroatoms. The lowest BCUT2D eigenvalue weighted by Crippen LogP contribution is -2.20. The lowest BCUT2D eigenvalue weighted by Gasteiger charge is -2.08. The molecule has 3 aromatic rings. The third-order valence-corrected chi connectivity index (χ3v) is 4.62. The first kappa shape index (κ1) is 17.6. The van der Waals surface area contributed by atoms with Gasteiger partial charge in [0.1, 0.15) is 10.8 Å². The Hall–Kier alpha value is -3.17. The van der Waals surface area contributed by atoms with E-state index in [0.29, 0.717) is 17.9 Å². The summed E-state index contributed by atoms with van der Waals surface area (Å²) in [6, 6.07) is 16.8. The normalized spacial score (nSPS) is 10.2. The minimum Gasteiger partial charge on any atom is -0.484 e. The molecule has 0 unspecified atom stereocenters. The van der Waals surface area contributed by atoms with E-state index in [4.69, 9.17) is 10.00 Å². The number of benzene rings is 2. The number of nitrogens with one attached hydrogen (secondary N) is 1. The maximum atomic E-state index is 12.0. The number of anilines is 1. The van der Waals surface area contributed by atoms with Gasteiger partial charge in [0, 0.05) is 22.3 Å². The van der Waals surface area contributed by atoms with Gasteiger partial charge in [-0.1, -0.05) is 12.1 Å². The van der Waals surface area contributed by atoms with Crippen molar-refractivity contribution in [2.75, 3.05) is 11.9 Å². The number of ether oxygens (including phenoxy) is 1. The molecule has 1 N–H and O–H groups in total. The quantitative estimate of drug-likeness (QED) is 0.712. The maximum Gasteiger partial charge on any atom is 0.262 e. The summed E-state index contributed by atoms with van der Waals surface area (Å²) in [6.07, 6.45) is 0.355. The fourth-order valence-electron chi connectivity index (χ4n) is 2.32. The van der Waals surface area contributed by atoms with E-state index in [-0.39, 0.29) is 12.5 Å². The van der Waals surface area contributed by atoms with Crippen molar-refractivity contribution < 1.29 is 9.53 Å². The smallest absolute Gasteiger partial charge is 0.262 e. The molecule has 1 aromatic heterocycles. The summed E-state index contributed by atoms with van der Waals surface area (Å²) in [4.78, 5) is 16.4. The van der Waals surface area contributed by atoms with Gasteiger partial charge in [0.05, 0.1) is 12.5 Å². The molecular formula is C20H17N3O2S. The monoisotopic (exact) mass is 363 g/mol. The molecule has 3 rings (SSSR count). The summed E-state index contributed by atoms with van der Waals surface area (Å²) in [5.41, 5.74) is 3.62. The lowest BCUT2D eigenvalue weighted by atomic mass is 10.1. The number of hydrogen-bond donors (Lipinski definition) is 1. The molecule has 1 heterocycles. The van der Waals surface area contributed by atoms with Crippen LogP contribution in [-0.4, -0.2) is 17.5 Å². The molecule has 0 bridgehead atoms. The molecule has 1 amide bonds. The zero-order chi connectivity index (χ0) is 18.4. The highest BCUT2D eigenvalue weighted by Gasteiger charge is 2.06. The summed E-state index contributed by atoms with van der Waals surface area (Å²) in [6.45, 7) is 1.89. The predicted molar refractivity (Wildman–Crippen MR) is 102 cm³/mol. The van der Waals surface area contributed by atoms with Crippen molar-refractivity contribution in [3.05, 3.63) is 65.2 Å². The Balaban J connectivity index is 1.52. The van der Waals surface area contributed by atoms with E-state index < -0.39 is 0 Å². The number of amides is 1. The number of carbonyl (C=O) groups is 1. The second kappa shape index (κ2) is 8.28. The van der Waals surface area contributed by atoms with Gasteiger partial charge < -0.3 is 10.1 Å². The Labute approximate surface area is 155 Å². The van der Waals surface area contributed by atoms with E-state index >= 15 is 0 Å².